The summed E-state index contributed by atoms with van der Waals surface area (Å²) < 4.78 is 12.7. The normalized spacial score (nSPS) is 14.7. The van der Waals surface area contributed by atoms with Crippen molar-refractivity contribution in [3.05, 3.63) is 82.1 Å². The maximum atomic E-state index is 14.1. The van der Waals surface area contributed by atoms with Crippen LogP contribution in [-0.4, -0.2) is 50.3 Å². The molecule has 0 aliphatic carbocycles. The van der Waals surface area contributed by atoms with Gasteiger partial charge in [-0.05, 0) is 67.1 Å². The van der Waals surface area contributed by atoms with Gasteiger partial charge in [0.2, 0.25) is 5.91 Å². The zero-order valence-electron chi connectivity index (χ0n) is 22.6. The van der Waals surface area contributed by atoms with Crippen LogP contribution >= 0.6 is 18.7 Å². The Balaban J connectivity index is 1.73. The predicted octanol–water partition coefficient (Wildman–Crippen LogP) is 5.17. The molecule has 2 aromatic carbocycles. The van der Waals surface area contributed by atoms with Crippen LogP contribution in [0.3, 0.4) is 0 Å². The lowest BCUT2D eigenvalue weighted by atomic mass is 9.69. The largest absolute Gasteiger partial charge is 0.369 e. The molecule has 1 saturated heterocycles. The lowest BCUT2D eigenvalue weighted by Crippen LogP contribution is -2.65. The first-order valence-corrected chi connectivity index (χ1v) is 15.5. The van der Waals surface area contributed by atoms with Gasteiger partial charge >= 0.3 is 0 Å². The van der Waals surface area contributed by atoms with E-state index in [1.807, 2.05) is 43.3 Å². The number of amides is 2. The van der Waals surface area contributed by atoms with Crippen molar-refractivity contribution in [3.63, 3.8) is 0 Å². The van der Waals surface area contributed by atoms with Crippen LogP contribution in [0.4, 0.5) is 11.4 Å². The summed E-state index contributed by atoms with van der Waals surface area (Å²) in [5.41, 5.74) is 3.73. The summed E-state index contributed by atoms with van der Waals surface area (Å²) in [6.07, 6.45) is 1.42. The van der Waals surface area contributed by atoms with Crippen molar-refractivity contribution in [2.24, 2.45) is 0 Å². The van der Waals surface area contributed by atoms with Crippen molar-refractivity contribution >= 4 is 47.2 Å². The van der Waals surface area contributed by atoms with E-state index in [9.17, 15) is 14.2 Å². The van der Waals surface area contributed by atoms with Gasteiger partial charge in [0.05, 0.1) is 17.4 Å². The molecule has 9 heteroatoms. The van der Waals surface area contributed by atoms with Crippen LogP contribution in [0.25, 0.3) is 0 Å². The highest BCUT2D eigenvalue weighted by atomic mass is 35.5. The van der Waals surface area contributed by atoms with E-state index in [4.69, 9.17) is 11.6 Å². The monoisotopic (exact) mass is 552 g/mol. The lowest BCUT2D eigenvalue weighted by Gasteiger charge is -2.51. The standard InChI is InChI=1S/C29H34ClN4O3P/c1-18(2)21-9-7-8-10-23(21)29(28(36)33-24-15-32-26(30)14-22(24)27(35)31-4)16-34(17-29)20-11-12-25(19(3)13-20)38(5,6)37/h7-15,18H,16-17H2,1-6H3,(H,31,35)(H,33,36). The Kier molecular flexibility index (Phi) is 7.74. The van der Waals surface area contributed by atoms with Gasteiger partial charge in [-0.1, -0.05) is 49.7 Å². The fraction of sp³-hybridized carbons (Fsp3) is 0.345. The molecule has 1 aliphatic rings. The highest BCUT2D eigenvalue weighted by Gasteiger charge is 2.52. The Morgan fingerprint density at radius 3 is 2.39 bits per heavy atom. The number of hydrogen-bond donors (Lipinski definition) is 2. The summed E-state index contributed by atoms with van der Waals surface area (Å²) in [5.74, 6) is -0.361. The Morgan fingerprint density at radius 2 is 1.79 bits per heavy atom. The van der Waals surface area contributed by atoms with E-state index in [0.29, 0.717) is 18.8 Å². The van der Waals surface area contributed by atoms with E-state index in [-0.39, 0.29) is 28.4 Å². The van der Waals surface area contributed by atoms with Crippen LogP contribution < -0.4 is 20.8 Å². The van der Waals surface area contributed by atoms with E-state index in [1.165, 1.54) is 19.3 Å². The van der Waals surface area contributed by atoms with Gasteiger partial charge in [0, 0.05) is 31.1 Å². The molecule has 7 nitrogen and oxygen atoms in total. The highest BCUT2D eigenvalue weighted by molar-refractivity contribution is 7.70. The van der Waals surface area contributed by atoms with E-state index < -0.39 is 12.6 Å². The molecule has 0 unspecified atom stereocenters. The van der Waals surface area contributed by atoms with Crippen LogP contribution in [0, 0.1) is 6.92 Å². The van der Waals surface area contributed by atoms with Gasteiger partial charge in [-0.3, -0.25) is 9.59 Å². The number of anilines is 2. The zero-order valence-corrected chi connectivity index (χ0v) is 24.3. The molecule has 1 fully saturated rings. The third-order valence-corrected chi connectivity index (χ3v) is 9.04. The van der Waals surface area contributed by atoms with Crippen molar-refractivity contribution in [2.75, 3.05) is 43.7 Å². The van der Waals surface area contributed by atoms with E-state index in [0.717, 1.165) is 27.7 Å². The number of benzene rings is 2. The third kappa shape index (κ3) is 5.23. The molecule has 0 bridgehead atoms. The SMILES string of the molecule is CNC(=O)c1cc(Cl)ncc1NC(=O)C1(c2ccccc2C(C)C)CN(c2ccc(P(C)(C)=O)c(C)c2)C1. The fourth-order valence-electron chi connectivity index (χ4n) is 5.19. The number of nitrogens with zero attached hydrogens (tertiary/aromatic N) is 2. The molecular weight excluding hydrogens is 519 g/mol. The van der Waals surface area contributed by atoms with Gasteiger partial charge in [0.1, 0.15) is 17.7 Å². The smallest absolute Gasteiger partial charge is 0.253 e. The molecule has 3 aromatic rings. The minimum Gasteiger partial charge on any atom is -0.369 e. The van der Waals surface area contributed by atoms with Gasteiger partial charge < -0.3 is 20.1 Å². The van der Waals surface area contributed by atoms with Crippen molar-refractivity contribution in [1.82, 2.24) is 10.3 Å². The van der Waals surface area contributed by atoms with Crippen LogP contribution in [0.2, 0.25) is 5.15 Å². The third-order valence-electron chi connectivity index (χ3n) is 7.17. The molecular formula is C29H34ClN4O3P. The molecule has 0 radical (unpaired) electrons. The average molecular weight is 553 g/mol. The second-order valence-corrected chi connectivity index (χ2v) is 14.2. The van der Waals surface area contributed by atoms with Gasteiger partial charge in [-0.25, -0.2) is 4.98 Å². The van der Waals surface area contributed by atoms with Gasteiger partial charge in [0.15, 0.2) is 0 Å². The first kappa shape index (κ1) is 27.9. The summed E-state index contributed by atoms with van der Waals surface area (Å²) in [4.78, 5) is 32.9. The second kappa shape index (κ2) is 10.5. The van der Waals surface area contributed by atoms with Crippen LogP contribution in [0.1, 0.15) is 46.8 Å². The van der Waals surface area contributed by atoms with Crippen molar-refractivity contribution in [2.45, 2.75) is 32.1 Å². The van der Waals surface area contributed by atoms with Crippen LogP contribution in [-0.2, 0) is 14.8 Å². The number of pyridine rings is 1. The molecule has 0 spiro atoms. The van der Waals surface area contributed by atoms with Crippen LogP contribution in [0.15, 0.2) is 54.7 Å². The van der Waals surface area contributed by atoms with Gasteiger partial charge in [0.25, 0.3) is 5.91 Å². The number of halogens is 1. The number of rotatable bonds is 7. The zero-order chi connectivity index (χ0) is 27.8. The molecule has 2 amide bonds. The number of hydrogen-bond acceptors (Lipinski definition) is 5. The Morgan fingerprint density at radius 1 is 1.11 bits per heavy atom. The van der Waals surface area contributed by atoms with E-state index in [2.05, 4.69) is 40.4 Å². The first-order valence-electron chi connectivity index (χ1n) is 12.6. The van der Waals surface area contributed by atoms with E-state index in [1.54, 1.807) is 13.3 Å². The van der Waals surface area contributed by atoms with Crippen molar-refractivity contribution in [3.8, 4) is 0 Å². The molecule has 0 atom stereocenters. The molecule has 4 rings (SSSR count). The van der Waals surface area contributed by atoms with Crippen LogP contribution in [0.5, 0.6) is 0 Å². The van der Waals surface area contributed by atoms with Crippen molar-refractivity contribution in [1.29, 1.82) is 0 Å². The lowest BCUT2D eigenvalue weighted by molar-refractivity contribution is -0.122. The fourth-order valence-corrected chi connectivity index (χ4v) is 6.70. The minimum absolute atomic E-state index is 0.166. The molecule has 2 heterocycles. The summed E-state index contributed by atoms with van der Waals surface area (Å²) in [6, 6.07) is 15.4. The minimum atomic E-state index is -2.39. The summed E-state index contributed by atoms with van der Waals surface area (Å²) in [7, 11) is -0.868. The summed E-state index contributed by atoms with van der Waals surface area (Å²) >= 11 is 6.05. The Hall–Kier alpha value is -3.15. The number of carbonyl (C=O) groups excluding carboxylic acids is 2. The summed E-state index contributed by atoms with van der Waals surface area (Å²) in [6.45, 7) is 10.7. The molecule has 1 aliphatic heterocycles. The van der Waals surface area contributed by atoms with Crippen molar-refractivity contribution < 1.29 is 14.2 Å². The maximum absolute atomic E-state index is 14.1. The van der Waals surface area contributed by atoms with E-state index >= 15 is 0 Å². The molecule has 38 heavy (non-hydrogen) atoms. The molecule has 1 aromatic heterocycles. The quantitative estimate of drug-likeness (QED) is 0.312. The Bertz CT molecular complexity index is 1440. The van der Waals surface area contributed by atoms with Gasteiger partial charge in [-0.2, -0.15) is 0 Å². The topological polar surface area (TPSA) is 91.4 Å². The molecule has 2 N–H and O–H groups in total. The number of nitrogens with one attached hydrogen (secondary N) is 2. The maximum Gasteiger partial charge on any atom is 0.253 e. The number of aryl methyl sites for hydroxylation is 1. The second-order valence-electron chi connectivity index (χ2n) is 10.6. The molecule has 200 valence electrons. The molecule has 0 saturated carbocycles. The Labute approximate surface area is 229 Å². The first-order chi connectivity index (χ1) is 17.9. The summed E-state index contributed by atoms with van der Waals surface area (Å²) in [5, 5.41) is 6.61. The average Bonchev–Trinajstić information content (AvgIpc) is 2.83. The van der Waals surface area contributed by atoms with Gasteiger partial charge in [-0.15, -0.1) is 0 Å². The number of carbonyl (C=O) groups is 2. The predicted molar refractivity (Wildman–Crippen MR) is 156 cm³/mol. The highest BCUT2D eigenvalue weighted by Crippen LogP contribution is 2.43. The number of aromatic nitrogens is 1.